The fourth-order valence-electron chi connectivity index (χ4n) is 3.57. The molecular weight excluding hydrogens is 400 g/mol. The maximum atomic E-state index is 12.4. The smallest absolute Gasteiger partial charge is 0.224 e. The lowest BCUT2D eigenvalue weighted by atomic mass is 9.93. The van der Waals surface area contributed by atoms with E-state index >= 15 is 0 Å². The zero-order valence-electron chi connectivity index (χ0n) is 18.7. The second kappa shape index (κ2) is 10.9. The number of aliphatic hydroxyl groups excluding tert-OH is 1. The van der Waals surface area contributed by atoms with Gasteiger partial charge in [0.05, 0.1) is 12.5 Å². The number of pyridine rings is 1. The van der Waals surface area contributed by atoms with Gasteiger partial charge in [-0.2, -0.15) is 0 Å². The Morgan fingerprint density at radius 2 is 1.75 bits per heavy atom. The van der Waals surface area contributed by atoms with Gasteiger partial charge in [0.2, 0.25) is 5.91 Å². The molecule has 0 aliphatic heterocycles. The fourth-order valence-corrected chi connectivity index (χ4v) is 3.57. The molecule has 0 fully saturated rings. The number of aromatic nitrogens is 1. The molecule has 0 saturated carbocycles. The second-order valence-electron chi connectivity index (χ2n) is 8.73. The van der Waals surface area contributed by atoms with Crippen molar-refractivity contribution < 1.29 is 9.90 Å². The summed E-state index contributed by atoms with van der Waals surface area (Å²) >= 11 is 0. The molecule has 1 amide bonds. The van der Waals surface area contributed by atoms with E-state index in [-0.39, 0.29) is 11.4 Å². The molecule has 3 rings (SSSR count). The summed E-state index contributed by atoms with van der Waals surface area (Å²) in [5.74, 6) is 0.437. The minimum Gasteiger partial charge on any atom is -0.387 e. The van der Waals surface area contributed by atoms with Crippen LogP contribution in [0, 0.1) is 0 Å². The number of carbonyl (C=O) groups is 1. The first-order valence-electron chi connectivity index (χ1n) is 10.8. The maximum Gasteiger partial charge on any atom is 0.224 e. The molecule has 1 aromatic heterocycles. The number of amides is 1. The predicted molar refractivity (Wildman–Crippen MR) is 128 cm³/mol. The highest BCUT2D eigenvalue weighted by Gasteiger charge is 2.20. The van der Waals surface area contributed by atoms with E-state index in [1.165, 1.54) is 0 Å². The number of nitrogens with two attached hydrogens (primary N) is 1. The second-order valence-corrected chi connectivity index (χ2v) is 8.73. The number of anilines is 1. The summed E-state index contributed by atoms with van der Waals surface area (Å²) in [6.07, 6.45) is 2.04. The largest absolute Gasteiger partial charge is 0.387 e. The summed E-state index contributed by atoms with van der Waals surface area (Å²) in [5.41, 5.74) is 9.30. The van der Waals surface area contributed by atoms with E-state index < -0.39 is 6.10 Å². The summed E-state index contributed by atoms with van der Waals surface area (Å²) in [7, 11) is 0. The number of hydrogen-bond acceptors (Lipinski definition) is 5. The number of rotatable bonds is 10. The fraction of sp³-hybridized carbons (Fsp3) is 0.308. The van der Waals surface area contributed by atoms with Crippen LogP contribution in [0.1, 0.15) is 42.2 Å². The average molecular weight is 433 g/mol. The number of nitrogen functional groups attached to an aromatic ring is 1. The quantitative estimate of drug-likeness (QED) is 0.394. The molecule has 1 atom stereocenters. The van der Waals surface area contributed by atoms with Gasteiger partial charge in [-0.1, -0.05) is 60.7 Å². The Morgan fingerprint density at radius 3 is 2.47 bits per heavy atom. The van der Waals surface area contributed by atoms with Crippen LogP contribution in [0.4, 0.5) is 5.82 Å². The molecule has 0 saturated heterocycles. The van der Waals surface area contributed by atoms with E-state index in [0.717, 1.165) is 28.7 Å². The Kier molecular flexibility index (Phi) is 7.98. The van der Waals surface area contributed by atoms with Crippen LogP contribution in [0.5, 0.6) is 0 Å². The Labute approximate surface area is 189 Å². The lowest BCUT2D eigenvalue weighted by Crippen LogP contribution is -2.43. The highest BCUT2D eigenvalue weighted by molar-refractivity contribution is 5.78. The highest BCUT2D eigenvalue weighted by Crippen LogP contribution is 2.17. The average Bonchev–Trinajstić information content (AvgIpc) is 2.77. The zero-order chi connectivity index (χ0) is 23.0. The van der Waals surface area contributed by atoms with Crippen LogP contribution in [0.25, 0.3) is 0 Å². The lowest BCUT2D eigenvalue weighted by Gasteiger charge is -2.28. The van der Waals surface area contributed by atoms with E-state index in [2.05, 4.69) is 41.6 Å². The van der Waals surface area contributed by atoms with Gasteiger partial charge in [0.25, 0.3) is 0 Å². The Balaban J connectivity index is 1.51. The number of carbonyl (C=O) groups excluding carboxylic acids is 1. The van der Waals surface area contributed by atoms with Gasteiger partial charge in [-0.15, -0.1) is 0 Å². The standard InChI is InChI=1S/C26H32N4O2/c1-26(2,30-18-23(31)22-11-12-24(27)28-17-22)15-21-10-6-9-20(13-21)14-25(32)29-16-19-7-4-3-5-8-19/h3-13,17,23,30-31H,14-16,18H2,1-2H3,(H2,27,28)(H,29,32)/t23-/m1/s1. The van der Waals surface area contributed by atoms with Crippen LogP contribution in [0.3, 0.4) is 0 Å². The molecule has 5 N–H and O–H groups in total. The van der Waals surface area contributed by atoms with Gasteiger partial charge in [0, 0.05) is 30.4 Å². The third kappa shape index (κ3) is 7.48. The summed E-state index contributed by atoms with van der Waals surface area (Å²) in [5, 5.41) is 16.8. The van der Waals surface area contributed by atoms with Gasteiger partial charge in [0.15, 0.2) is 0 Å². The summed E-state index contributed by atoms with van der Waals surface area (Å²) in [6.45, 7) is 5.13. The first-order chi connectivity index (χ1) is 15.3. The highest BCUT2D eigenvalue weighted by atomic mass is 16.3. The van der Waals surface area contributed by atoms with Crippen molar-refractivity contribution in [1.29, 1.82) is 0 Å². The molecule has 0 aliphatic carbocycles. The van der Waals surface area contributed by atoms with Crippen LogP contribution >= 0.6 is 0 Å². The van der Waals surface area contributed by atoms with Crippen molar-refractivity contribution in [1.82, 2.24) is 15.6 Å². The Bertz CT molecular complexity index is 1000. The first kappa shape index (κ1) is 23.4. The number of benzene rings is 2. The number of aliphatic hydroxyl groups is 1. The Hall–Kier alpha value is -3.22. The molecule has 0 bridgehead atoms. The molecular formula is C26H32N4O2. The van der Waals surface area contributed by atoms with Gasteiger partial charge in [0.1, 0.15) is 5.82 Å². The molecule has 0 radical (unpaired) electrons. The van der Waals surface area contributed by atoms with Gasteiger partial charge < -0.3 is 21.5 Å². The predicted octanol–water partition coefficient (Wildman–Crippen LogP) is 3.17. The molecule has 1 heterocycles. The van der Waals surface area contributed by atoms with Gasteiger partial charge in [-0.05, 0) is 43.0 Å². The number of hydrogen-bond donors (Lipinski definition) is 4. The van der Waals surface area contributed by atoms with Gasteiger partial charge in [-0.3, -0.25) is 4.79 Å². The molecule has 3 aromatic rings. The molecule has 0 spiro atoms. The topological polar surface area (TPSA) is 100 Å². The van der Waals surface area contributed by atoms with Crippen molar-refractivity contribution in [3.63, 3.8) is 0 Å². The van der Waals surface area contributed by atoms with Crippen LogP contribution < -0.4 is 16.4 Å². The van der Waals surface area contributed by atoms with Crippen LogP contribution in [-0.4, -0.2) is 28.1 Å². The third-order valence-electron chi connectivity index (χ3n) is 5.30. The van der Waals surface area contributed by atoms with E-state index in [1.54, 1.807) is 18.3 Å². The van der Waals surface area contributed by atoms with Crippen molar-refractivity contribution in [3.05, 3.63) is 95.2 Å². The van der Waals surface area contributed by atoms with E-state index in [4.69, 9.17) is 5.73 Å². The molecule has 2 aromatic carbocycles. The van der Waals surface area contributed by atoms with Crippen LogP contribution in [0.15, 0.2) is 72.9 Å². The monoisotopic (exact) mass is 432 g/mol. The number of nitrogens with zero attached hydrogens (tertiary/aromatic N) is 1. The number of nitrogens with one attached hydrogen (secondary N) is 2. The molecule has 0 unspecified atom stereocenters. The minimum absolute atomic E-state index is 0.00335. The van der Waals surface area contributed by atoms with Crippen molar-refractivity contribution in [2.24, 2.45) is 0 Å². The van der Waals surface area contributed by atoms with Crippen molar-refractivity contribution >= 4 is 11.7 Å². The summed E-state index contributed by atoms with van der Waals surface area (Å²) in [6, 6.07) is 21.5. The minimum atomic E-state index is -0.665. The zero-order valence-corrected chi connectivity index (χ0v) is 18.7. The van der Waals surface area contributed by atoms with Gasteiger partial charge in [-0.25, -0.2) is 4.98 Å². The molecule has 6 heteroatoms. The third-order valence-corrected chi connectivity index (χ3v) is 5.30. The van der Waals surface area contributed by atoms with Gasteiger partial charge >= 0.3 is 0 Å². The maximum absolute atomic E-state index is 12.4. The van der Waals surface area contributed by atoms with Crippen LogP contribution in [0.2, 0.25) is 0 Å². The van der Waals surface area contributed by atoms with E-state index in [1.807, 2.05) is 42.5 Å². The molecule has 32 heavy (non-hydrogen) atoms. The number of β-amino-alcohol motifs (C(OH)–C–C–N with tert-alkyl or cyclic N) is 1. The summed E-state index contributed by atoms with van der Waals surface area (Å²) < 4.78 is 0. The van der Waals surface area contributed by atoms with Crippen molar-refractivity contribution in [2.75, 3.05) is 12.3 Å². The normalized spacial score (nSPS) is 12.3. The molecule has 6 nitrogen and oxygen atoms in total. The lowest BCUT2D eigenvalue weighted by molar-refractivity contribution is -0.120. The SMILES string of the molecule is CC(C)(Cc1cccc(CC(=O)NCc2ccccc2)c1)NC[C@@H](O)c1ccc(N)nc1. The molecule has 0 aliphatic rings. The van der Waals surface area contributed by atoms with Crippen molar-refractivity contribution in [2.45, 2.75) is 44.9 Å². The van der Waals surface area contributed by atoms with Crippen LogP contribution in [-0.2, 0) is 24.2 Å². The first-order valence-corrected chi connectivity index (χ1v) is 10.8. The molecule has 168 valence electrons. The van der Waals surface area contributed by atoms with Crippen molar-refractivity contribution in [3.8, 4) is 0 Å². The Morgan fingerprint density at radius 1 is 1.03 bits per heavy atom. The summed E-state index contributed by atoms with van der Waals surface area (Å²) in [4.78, 5) is 16.4. The van der Waals surface area contributed by atoms with E-state index in [9.17, 15) is 9.90 Å². The van der Waals surface area contributed by atoms with E-state index in [0.29, 0.717) is 25.3 Å².